The third kappa shape index (κ3) is 60.3. The molecule has 0 bridgehead atoms. The van der Waals surface area contributed by atoms with E-state index < -0.39 is 18.1 Å². The Bertz CT molecular complexity index is 317. The molecule has 0 atom stereocenters. The summed E-state index contributed by atoms with van der Waals surface area (Å²) < 4.78 is 0. The Morgan fingerprint density at radius 2 is 0.833 bits per heavy atom. The number of aliphatic hydroxyl groups excluding tert-OH is 2. The van der Waals surface area contributed by atoms with E-state index in [0.29, 0.717) is 0 Å². The highest BCUT2D eigenvalue weighted by Crippen LogP contribution is 1.96. The molecule has 0 aromatic rings. The number of rotatable bonds is 7. The molecule has 0 aromatic heterocycles. The second-order valence-corrected chi connectivity index (χ2v) is 4.31. The van der Waals surface area contributed by atoms with Crippen LogP contribution in [0.25, 0.3) is 0 Å². The Balaban J connectivity index is -0.000000114. The molecule has 0 rings (SSSR count). The Hall–Kier alpha value is -2.39. The van der Waals surface area contributed by atoms with Gasteiger partial charge in [-0.15, -0.1) is 0 Å². The predicted octanol–water partition coefficient (Wildman–Crippen LogP) is 2.05. The summed E-state index contributed by atoms with van der Waals surface area (Å²) in [6.45, 7) is 9.77. The fourth-order valence-electron chi connectivity index (χ4n) is 0.577. The van der Waals surface area contributed by atoms with Crippen LogP contribution in [0.3, 0.4) is 0 Å². The van der Waals surface area contributed by atoms with Gasteiger partial charge < -0.3 is 30.6 Å². The van der Waals surface area contributed by atoms with Gasteiger partial charge in [0.15, 0.2) is 0 Å². The number of unbranched alkanes of at least 4 members (excludes halogenated alkanes) is 3. The van der Waals surface area contributed by atoms with Gasteiger partial charge >= 0.3 is 18.1 Å². The van der Waals surface area contributed by atoms with Gasteiger partial charge in [-0.25, -0.2) is 14.4 Å². The normalized spacial score (nSPS) is 8.00. The number of hydrogen-bond acceptors (Lipinski definition) is 5. The molecule has 9 nitrogen and oxygen atoms in total. The molecule has 0 aliphatic heterocycles. The maximum absolute atomic E-state index is 9.60. The first kappa shape index (κ1) is 29.6. The minimum absolute atomic E-state index is 0.176. The molecule has 142 valence electrons. The minimum atomic E-state index is -1.83. The Labute approximate surface area is 141 Å². The molecule has 24 heavy (non-hydrogen) atoms. The van der Waals surface area contributed by atoms with Crippen molar-refractivity contribution in [3.8, 4) is 0 Å². The summed E-state index contributed by atoms with van der Waals surface area (Å²) in [7, 11) is 0. The molecule has 0 radical (unpaired) electrons. The van der Waals surface area contributed by atoms with Crippen LogP contribution in [0.2, 0.25) is 0 Å². The zero-order valence-corrected chi connectivity index (χ0v) is 14.1. The van der Waals surface area contributed by atoms with Crippen LogP contribution in [0.1, 0.15) is 39.5 Å². The average Bonchev–Trinajstić information content (AvgIpc) is 2.44. The van der Waals surface area contributed by atoms with E-state index in [-0.39, 0.29) is 24.4 Å². The second kappa shape index (κ2) is 22.9. The Morgan fingerprint density at radius 1 is 0.667 bits per heavy atom. The smallest absolute Gasteiger partial charge is 0.478 e. The van der Waals surface area contributed by atoms with Crippen molar-refractivity contribution in [2.75, 3.05) is 13.2 Å². The lowest BCUT2D eigenvalue weighted by molar-refractivity contribution is -0.133. The van der Waals surface area contributed by atoms with Crippen molar-refractivity contribution in [1.29, 1.82) is 0 Å². The van der Waals surface area contributed by atoms with E-state index in [9.17, 15) is 9.59 Å². The predicted molar refractivity (Wildman–Crippen MR) is 88.2 cm³/mol. The van der Waals surface area contributed by atoms with Gasteiger partial charge in [0.25, 0.3) is 0 Å². The standard InChI is InChI=1S/C6H14O2.2C4H6O2.CH2O3/c7-5-3-1-2-4-6-8;2*1-3(2)4(5)6;2-1(3)4/h7-8H,1-6H2;2*1H2,2H3,(H,5,6);(H2,2,3,4). The zero-order valence-electron chi connectivity index (χ0n) is 14.1. The third-order valence-corrected chi connectivity index (χ3v) is 1.80. The molecule has 0 unspecified atom stereocenters. The number of carboxylic acid groups (broad SMARTS) is 4. The largest absolute Gasteiger partial charge is 0.503 e. The van der Waals surface area contributed by atoms with Crippen LogP contribution in [0.4, 0.5) is 4.79 Å². The maximum Gasteiger partial charge on any atom is 0.503 e. The molecule has 0 heterocycles. The van der Waals surface area contributed by atoms with Gasteiger partial charge in [-0.3, -0.25) is 0 Å². The van der Waals surface area contributed by atoms with Crippen molar-refractivity contribution in [1.82, 2.24) is 0 Å². The van der Waals surface area contributed by atoms with E-state index in [0.717, 1.165) is 25.7 Å². The van der Waals surface area contributed by atoms with Gasteiger partial charge in [-0.05, 0) is 26.7 Å². The van der Waals surface area contributed by atoms with Gasteiger partial charge in [0.2, 0.25) is 0 Å². The van der Waals surface area contributed by atoms with Crippen molar-refractivity contribution in [2.24, 2.45) is 0 Å². The Kier molecular flexibility index (Phi) is 28.2. The highest BCUT2D eigenvalue weighted by atomic mass is 16.6. The van der Waals surface area contributed by atoms with Crippen LogP contribution in [0, 0.1) is 0 Å². The highest BCUT2D eigenvalue weighted by Gasteiger charge is 1.90. The molecule has 0 spiro atoms. The quantitative estimate of drug-likeness (QED) is 0.296. The first-order valence-electron chi connectivity index (χ1n) is 6.85. The van der Waals surface area contributed by atoms with Crippen molar-refractivity contribution in [3.05, 3.63) is 24.3 Å². The number of aliphatic hydroxyl groups is 2. The SMILES string of the molecule is C=C(C)C(=O)O.C=C(C)C(=O)O.O=C(O)O.OCCCCCCO. The summed E-state index contributed by atoms with van der Waals surface area (Å²) in [6, 6.07) is 0. The topological polar surface area (TPSA) is 173 Å². The highest BCUT2D eigenvalue weighted by molar-refractivity contribution is 5.85. The summed E-state index contributed by atoms with van der Waals surface area (Å²) in [4.78, 5) is 27.8. The minimum Gasteiger partial charge on any atom is -0.478 e. The summed E-state index contributed by atoms with van der Waals surface area (Å²) in [5, 5.41) is 46.3. The second-order valence-electron chi connectivity index (χ2n) is 4.31. The number of carboxylic acids is 2. The summed E-state index contributed by atoms with van der Waals surface area (Å²) >= 11 is 0. The van der Waals surface area contributed by atoms with Crippen LogP contribution in [0.5, 0.6) is 0 Å². The Morgan fingerprint density at radius 3 is 0.917 bits per heavy atom. The molecular formula is C15H28O9. The first-order chi connectivity index (χ1) is 10.9. The molecule has 0 saturated heterocycles. The van der Waals surface area contributed by atoms with Gasteiger partial charge in [0, 0.05) is 24.4 Å². The number of carbonyl (C=O) groups is 3. The first-order valence-corrected chi connectivity index (χ1v) is 6.85. The summed E-state index contributed by atoms with van der Waals surface area (Å²) in [6.07, 6.45) is 1.99. The molecule has 9 heteroatoms. The molecular weight excluding hydrogens is 324 g/mol. The lowest BCUT2D eigenvalue weighted by Gasteiger charge is -1.93. The number of aliphatic carboxylic acids is 2. The summed E-state index contributed by atoms with van der Waals surface area (Å²) in [5.41, 5.74) is 0.352. The van der Waals surface area contributed by atoms with Crippen molar-refractivity contribution < 1.29 is 45.0 Å². The van der Waals surface area contributed by atoms with Crippen LogP contribution in [0.15, 0.2) is 24.3 Å². The van der Waals surface area contributed by atoms with E-state index in [1.165, 1.54) is 13.8 Å². The zero-order chi connectivity index (χ0) is 20.1. The van der Waals surface area contributed by atoms with Crippen LogP contribution < -0.4 is 0 Å². The monoisotopic (exact) mass is 352 g/mol. The van der Waals surface area contributed by atoms with Crippen molar-refractivity contribution in [3.63, 3.8) is 0 Å². The molecule has 0 fully saturated rings. The molecule has 0 aromatic carbocycles. The molecule has 0 aliphatic carbocycles. The third-order valence-electron chi connectivity index (χ3n) is 1.80. The van der Waals surface area contributed by atoms with Gasteiger partial charge in [-0.1, -0.05) is 26.0 Å². The fraction of sp³-hybridized carbons (Fsp3) is 0.533. The maximum atomic E-state index is 9.60. The molecule has 0 aliphatic rings. The van der Waals surface area contributed by atoms with Gasteiger partial charge in [-0.2, -0.15) is 0 Å². The lowest BCUT2D eigenvalue weighted by Crippen LogP contribution is -1.92. The molecule has 0 amide bonds. The lowest BCUT2D eigenvalue weighted by atomic mass is 10.2. The average molecular weight is 352 g/mol. The van der Waals surface area contributed by atoms with Crippen LogP contribution in [-0.2, 0) is 9.59 Å². The van der Waals surface area contributed by atoms with E-state index in [1.54, 1.807) is 0 Å². The van der Waals surface area contributed by atoms with Crippen LogP contribution >= 0.6 is 0 Å². The van der Waals surface area contributed by atoms with E-state index >= 15 is 0 Å². The van der Waals surface area contributed by atoms with Crippen molar-refractivity contribution >= 4 is 18.1 Å². The van der Waals surface area contributed by atoms with Gasteiger partial charge in [0.1, 0.15) is 0 Å². The van der Waals surface area contributed by atoms with Gasteiger partial charge in [0.05, 0.1) is 0 Å². The van der Waals surface area contributed by atoms with E-state index in [2.05, 4.69) is 13.2 Å². The van der Waals surface area contributed by atoms with Crippen LogP contribution in [-0.4, -0.2) is 61.9 Å². The van der Waals surface area contributed by atoms with Crippen molar-refractivity contribution in [2.45, 2.75) is 39.5 Å². The van der Waals surface area contributed by atoms with E-state index in [1.807, 2.05) is 0 Å². The van der Waals surface area contributed by atoms with E-state index in [4.69, 9.17) is 35.4 Å². The number of hydrogen-bond donors (Lipinski definition) is 6. The molecule has 6 N–H and O–H groups in total. The summed E-state index contributed by atoms with van der Waals surface area (Å²) in [5.74, 6) is -1.87. The fourth-order valence-corrected chi connectivity index (χ4v) is 0.577. The molecule has 0 saturated carbocycles.